The smallest absolute Gasteiger partial charge is 0.182 e. The number of carbonyl (C=O) groups is 1. The minimum atomic E-state index is -1.29. The summed E-state index contributed by atoms with van der Waals surface area (Å²) in [6, 6.07) is -1.13. The highest BCUT2D eigenvalue weighted by molar-refractivity contribution is 5.88. The van der Waals surface area contributed by atoms with E-state index in [0.29, 0.717) is 0 Å². The molecule has 0 bridgehead atoms. The van der Waals surface area contributed by atoms with Gasteiger partial charge in [-0.2, -0.15) is 0 Å². The van der Waals surface area contributed by atoms with E-state index in [4.69, 9.17) is 21.2 Å². The van der Waals surface area contributed by atoms with Crippen molar-refractivity contribution in [2.75, 3.05) is 6.61 Å². The van der Waals surface area contributed by atoms with Crippen LogP contribution in [-0.2, 0) is 4.79 Å². The summed E-state index contributed by atoms with van der Waals surface area (Å²) >= 11 is 0. The molecule has 0 aromatic carbocycles. The summed E-state index contributed by atoms with van der Waals surface area (Å²) in [6.45, 7) is 1.04. The molecule has 0 amide bonds. The van der Waals surface area contributed by atoms with Crippen molar-refractivity contribution in [2.45, 2.75) is 31.6 Å². The fourth-order valence-corrected chi connectivity index (χ4v) is 0.897. The number of carbonyl (C=O) groups excluding carboxylic acids is 1. The highest BCUT2D eigenvalue weighted by Crippen LogP contribution is 2.01. The lowest BCUT2D eigenvalue weighted by Crippen LogP contribution is -2.53. The number of hydrogen-bond donors (Lipinski definition) is 5. The standard InChI is InChI=1S/C7H16N2O4/c1-2-4(11)7(13)6(9-8)5(12)3-10/h4-6,9-12H,2-3,8H2,1H3. The largest absolute Gasteiger partial charge is 0.394 e. The second kappa shape index (κ2) is 6.01. The third-order valence-corrected chi connectivity index (χ3v) is 1.77. The van der Waals surface area contributed by atoms with Gasteiger partial charge in [0, 0.05) is 0 Å². The van der Waals surface area contributed by atoms with Gasteiger partial charge in [0.2, 0.25) is 0 Å². The van der Waals surface area contributed by atoms with E-state index >= 15 is 0 Å². The molecular formula is C7H16N2O4. The Kier molecular flexibility index (Phi) is 5.76. The Morgan fingerprint density at radius 3 is 2.38 bits per heavy atom. The molecule has 6 nitrogen and oxygen atoms in total. The normalized spacial score (nSPS) is 17.9. The number of rotatable bonds is 6. The molecule has 78 valence electrons. The lowest BCUT2D eigenvalue weighted by Gasteiger charge is -2.21. The first-order chi connectivity index (χ1) is 6.08. The Morgan fingerprint density at radius 1 is 1.54 bits per heavy atom. The SMILES string of the molecule is CCC(O)C(=O)C(NN)C(O)CO. The fourth-order valence-electron chi connectivity index (χ4n) is 0.897. The first-order valence-electron chi connectivity index (χ1n) is 4.05. The van der Waals surface area contributed by atoms with Crippen LogP contribution >= 0.6 is 0 Å². The molecule has 3 atom stereocenters. The van der Waals surface area contributed by atoms with E-state index in [0.717, 1.165) is 0 Å². The average molecular weight is 192 g/mol. The van der Waals surface area contributed by atoms with E-state index in [1.54, 1.807) is 6.92 Å². The van der Waals surface area contributed by atoms with Gasteiger partial charge in [0.15, 0.2) is 5.78 Å². The fraction of sp³-hybridized carbons (Fsp3) is 0.857. The van der Waals surface area contributed by atoms with Gasteiger partial charge in [-0.3, -0.25) is 10.6 Å². The van der Waals surface area contributed by atoms with Crippen molar-refractivity contribution in [1.82, 2.24) is 5.43 Å². The third kappa shape index (κ3) is 3.37. The van der Waals surface area contributed by atoms with Crippen molar-refractivity contribution < 1.29 is 20.1 Å². The molecule has 0 aromatic heterocycles. The molecular weight excluding hydrogens is 176 g/mol. The van der Waals surface area contributed by atoms with Gasteiger partial charge in [-0.05, 0) is 6.42 Å². The Bertz CT molecular complexity index is 165. The van der Waals surface area contributed by atoms with Crippen LogP contribution in [0.3, 0.4) is 0 Å². The number of aliphatic hydroxyl groups excluding tert-OH is 3. The zero-order chi connectivity index (χ0) is 10.4. The number of ketones is 1. The molecule has 0 saturated heterocycles. The molecule has 0 saturated carbocycles. The van der Waals surface area contributed by atoms with Gasteiger partial charge in [0.25, 0.3) is 0 Å². The Morgan fingerprint density at radius 2 is 2.08 bits per heavy atom. The maximum atomic E-state index is 11.2. The van der Waals surface area contributed by atoms with Gasteiger partial charge in [-0.15, -0.1) is 0 Å². The van der Waals surface area contributed by atoms with E-state index in [9.17, 15) is 4.79 Å². The molecule has 0 fully saturated rings. The van der Waals surface area contributed by atoms with E-state index < -0.39 is 30.6 Å². The van der Waals surface area contributed by atoms with Crippen molar-refractivity contribution in [3.63, 3.8) is 0 Å². The molecule has 0 radical (unpaired) electrons. The molecule has 6 N–H and O–H groups in total. The molecule has 0 aromatic rings. The van der Waals surface area contributed by atoms with Crippen LogP contribution in [0.25, 0.3) is 0 Å². The summed E-state index contributed by atoms with van der Waals surface area (Å²) in [7, 11) is 0. The van der Waals surface area contributed by atoms with Crippen molar-refractivity contribution in [3.05, 3.63) is 0 Å². The molecule has 3 unspecified atom stereocenters. The molecule has 0 rings (SSSR count). The summed E-state index contributed by atoms with van der Waals surface area (Å²) in [5, 5.41) is 26.8. The van der Waals surface area contributed by atoms with Crippen LogP contribution in [0.4, 0.5) is 0 Å². The molecule has 0 aliphatic heterocycles. The molecule has 0 heterocycles. The predicted molar refractivity (Wildman–Crippen MR) is 45.5 cm³/mol. The Labute approximate surface area is 76.3 Å². The topological polar surface area (TPSA) is 116 Å². The molecule has 0 aliphatic rings. The van der Waals surface area contributed by atoms with Crippen molar-refractivity contribution in [2.24, 2.45) is 5.84 Å². The first-order valence-corrected chi connectivity index (χ1v) is 4.05. The first kappa shape index (κ1) is 12.5. The van der Waals surface area contributed by atoms with Crippen LogP contribution in [0.5, 0.6) is 0 Å². The minimum Gasteiger partial charge on any atom is -0.394 e. The second-order valence-corrected chi connectivity index (χ2v) is 2.72. The van der Waals surface area contributed by atoms with Crippen LogP contribution < -0.4 is 11.3 Å². The summed E-state index contributed by atoms with van der Waals surface area (Å²) in [5.74, 6) is 4.37. The van der Waals surface area contributed by atoms with E-state index in [1.807, 2.05) is 5.43 Å². The number of nitrogens with two attached hydrogens (primary N) is 1. The maximum absolute atomic E-state index is 11.2. The summed E-state index contributed by atoms with van der Waals surface area (Å²) < 4.78 is 0. The van der Waals surface area contributed by atoms with Crippen LogP contribution in [0.2, 0.25) is 0 Å². The molecule has 6 heteroatoms. The van der Waals surface area contributed by atoms with Gasteiger partial charge in [0.1, 0.15) is 18.2 Å². The van der Waals surface area contributed by atoms with Crippen LogP contribution in [0.1, 0.15) is 13.3 Å². The Balaban J connectivity index is 4.31. The number of aliphatic hydroxyl groups is 3. The number of Topliss-reactive ketones (excluding diaryl/α,β-unsaturated/α-hetero) is 1. The summed E-state index contributed by atoms with van der Waals surface area (Å²) in [4.78, 5) is 11.2. The zero-order valence-corrected chi connectivity index (χ0v) is 7.47. The Hall–Kier alpha value is -0.530. The third-order valence-electron chi connectivity index (χ3n) is 1.77. The van der Waals surface area contributed by atoms with E-state index in [2.05, 4.69) is 0 Å². The lowest BCUT2D eigenvalue weighted by atomic mass is 10.0. The van der Waals surface area contributed by atoms with Crippen LogP contribution in [0, 0.1) is 0 Å². The molecule has 0 spiro atoms. The van der Waals surface area contributed by atoms with Crippen LogP contribution in [0.15, 0.2) is 0 Å². The monoisotopic (exact) mass is 192 g/mol. The number of nitrogens with one attached hydrogen (secondary N) is 1. The van der Waals surface area contributed by atoms with Crippen molar-refractivity contribution in [1.29, 1.82) is 0 Å². The molecule has 13 heavy (non-hydrogen) atoms. The van der Waals surface area contributed by atoms with Gasteiger partial charge < -0.3 is 15.3 Å². The van der Waals surface area contributed by atoms with E-state index in [1.165, 1.54) is 0 Å². The van der Waals surface area contributed by atoms with Crippen molar-refractivity contribution in [3.8, 4) is 0 Å². The summed E-state index contributed by atoms with van der Waals surface area (Å²) in [6.07, 6.45) is -2.21. The average Bonchev–Trinajstić information content (AvgIpc) is 2.17. The van der Waals surface area contributed by atoms with Gasteiger partial charge in [0.05, 0.1) is 6.61 Å². The van der Waals surface area contributed by atoms with Crippen molar-refractivity contribution >= 4 is 5.78 Å². The predicted octanol–water partition coefficient (Wildman–Crippen LogP) is -2.49. The number of hydrazine groups is 1. The maximum Gasteiger partial charge on any atom is 0.182 e. The zero-order valence-electron chi connectivity index (χ0n) is 7.47. The van der Waals surface area contributed by atoms with Gasteiger partial charge in [-0.25, -0.2) is 5.43 Å². The quantitative estimate of drug-likeness (QED) is 0.235. The second-order valence-electron chi connectivity index (χ2n) is 2.72. The minimum absolute atomic E-state index is 0.245. The highest BCUT2D eigenvalue weighted by atomic mass is 16.3. The van der Waals surface area contributed by atoms with Crippen LogP contribution in [-0.4, -0.2) is 46.0 Å². The van der Waals surface area contributed by atoms with E-state index in [-0.39, 0.29) is 6.42 Å². The number of hydrogen-bond acceptors (Lipinski definition) is 6. The van der Waals surface area contributed by atoms with Gasteiger partial charge >= 0.3 is 0 Å². The van der Waals surface area contributed by atoms with Gasteiger partial charge in [-0.1, -0.05) is 6.92 Å². The molecule has 0 aliphatic carbocycles. The highest BCUT2D eigenvalue weighted by Gasteiger charge is 2.28. The lowest BCUT2D eigenvalue weighted by molar-refractivity contribution is -0.133. The summed E-state index contributed by atoms with van der Waals surface area (Å²) in [5.41, 5.74) is 2.05.